The fourth-order valence-electron chi connectivity index (χ4n) is 1.37. The van der Waals surface area contributed by atoms with Crippen molar-refractivity contribution in [1.82, 2.24) is 5.32 Å². The van der Waals surface area contributed by atoms with Crippen molar-refractivity contribution in [2.75, 3.05) is 11.5 Å². The SMILES string of the molecule is C#CCC(N)C(=O)NC1CCSCC1. The standard InChI is InChI=1S/C10H16N2OS/c1-2-3-9(11)10(13)12-8-4-6-14-7-5-8/h1,8-9H,3-7,11H2,(H,12,13). The summed E-state index contributed by atoms with van der Waals surface area (Å²) >= 11 is 1.93. The summed E-state index contributed by atoms with van der Waals surface area (Å²) in [6.07, 6.45) is 7.48. The summed E-state index contributed by atoms with van der Waals surface area (Å²) in [4.78, 5) is 11.5. The van der Waals surface area contributed by atoms with E-state index in [1.165, 1.54) is 0 Å². The van der Waals surface area contributed by atoms with E-state index >= 15 is 0 Å². The summed E-state index contributed by atoms with van der Waals surface area (Å²) in [5, 5.41) is 2.93. The zero-order valence-electron chi connectivity index (χ0n) is 8.16. The van der Waals surface area contributed by atoms with Gasteiger partial charge < -0.3 is 11.1 Å². The van der Waals surface area contributed by atoms with Gasteiger partial charge >= 0.3 is 0 Å². The summed E-state index contributed by atoms with van der Waals surface area (Å²) in [6, 6.07) is -0.248. The number of terminal acetylenes is 1. The van der Waals surface area contributed by atoms with Crippen molar-refractivity contribution >= 4 is 17.7 Å². The zero-order valence-corrected chi connectivity index (χ0v) is 8.98. The Kier molecular flexibility index (Phi) is 4.85. The van der Waals surface area contributed by atoms with Crippen molar-refractivity contribution in [3.63, 3.8) is 0 Å². The molecular weight excluding hydrogens is 196 g/mol. The molecule has 1 amide bonds. The number of thioether (sulfide) groups is 1. The lowest BCUT2D eigenvalue weighted by Gasteiger charge is -2.23. The van der Waals surface area contributed by atoms with Gasteiger partial charge in [-0.2, -0.15) is 11.8 Å². The number of hydrogen-bond acceptors (Lipinski definition) is 3. The van der Waals surface area contributed by atoms with Crippen molar-refractivity contribution < 1.29 is 4.79 Å². The first kappa shape index (κ1) is 11.4. The fraction of sp³-hybridized carbons (Fsp3) is 0.700. The summed E-state index contributed by atoms with van der Waals surface area (Å²) in [7, 11) is 0. The molecule has 1 unspecified atom stereocenters. The second kappa shape index (κ2) is 5.94. The van der Waals surface area contributed by atoms with Gasteiger partial charge in [0.1, 0.15) is 0 Å². The maximum Gasteiger partial charge on any atom is 0.238 e. The highest BCUT2D eigenvalue weighted by Gasteiger charge is 2.19. The predicted molar refractivity (Wildman–Crippen MR) is 59.9 cm³/mol. The minimum atomic E-state index is -0.547. The van der Waals surface area contributed by atoms with Gasteiger partial charge in [-0.05, 0) is 24.3 Å². The number of carbonyl (C=O) groups is 1. The normalized spacial score (nSPS) is 19.7. The van der Waals surface area contributed by atoms with Crippen LogP contribution in [0.25, 0.3) is 0 Å². The third kappa shape index (κ3) is 3.60. The second-order valence-electron chi connectivity index (χ2n) is 3.41. The van der Waals surface area contributed by atoms with Gasteiger partial charge in [0.05, 0.1) is 6.04 Å². The van der Waals surface area contributed by atoms with Gasteiger partial charge in [-0.25, -0.2) is 0 Å². The van der Waals surface area contributed by atoms with Crippen LogP contribution < -0.4 is 11.1 Å². The Balaban J connectivity index is 2.28. The maximum atomic E-state index is 11.5. The van der Waals surface area contributed by atoms with E-state index in [-0.39, 0.29) is 5.91 Å². The minimum absolute atomic E-state index is 0.111. The van der Waals surface area contributed by atoms with Gasteiger partial charge in [-0.15, -0.1) is 12.3 Å². The molecule has 1 saturated heterocycles. The molecule has 1 heterocycles. The van der Waals surface area contributed by atoms with Gasteiger partial charge in [0.2, 0.25) is 5.91 Å². The second-order valence-corrected chi connectivity index (χ2v) is 4.63. The minimum Gasteiger partial charge on any atom is -0.352 e. The van der Waals surface area contributed by atoms with Crippen LogP contribution in [0, 0.1) is 12.3 Å². The first-order valence-corrected chi connectivity index (χ1v) is 5.96. The van der Waals surface area contributed by atoms with Crippen molar-refractivity contribution in [3.05, 3.63) is 0 Å². The van der Waals surface area contributed by atoms with E-state index in [9.17, 15) is 4.79 Å². The Hall–Kier alpha value is -0.660. The Labute approximate surface area is 89.2 Å². The number of hydrogen-bond donors (Lipinski definition) is 2. The van der Waals surface area contributed by atoms with E-state index < -0.39 is 6.04 Å². The van der Waals surface area contributed by atoms with Crippen LogP contribution in [-0.4, -0.2) is 29.5 Å². The van der Waals surface area contributed by atoms with Crippen LogP contribution in [0.1, 0.15) is 19.3 Å². The first-order valence-electron chi connectivity index (χ1n) is 4.81. The first-order chi connectivity index (χ1) is 6.74. The quantitative estimate of drug-likeness (QED) is 0.664. The molecule has 0 aromatic heterocycles. The molecule has 0 bridgehead atoms. The molecule has 1 fully saturated rings. The van der Waals surface area contributed by atoms with Crippen molar-refractivity contribution in [2.45, 2.75) is 31.3 Å². The Morgan fingerprint density at radius 1 is 1.64 bits per heavy atom. The third-order valence-corrected chi connectivity index (χ3v) is 3.29. The van der Waals surface area contributed by atoms with Crippen molar-refractivity contribution in [1.29, 1.82) is 0 Å². The summed E-state index contributed by atoms with van der Waals surface area (Å²) in [5.74, 6) is 4.53. The Morgan fingerprint density at radius 2 is 2.29 bits per heavy atom. The lowest BCUT2D eigenvalue weighted by molar-refractivity contribution is -0.123. The average molecular weight is 212 g/mol. The van der Waals surface area contributed by atoms with E-state index in [0.717, 1.165) is 24.3 Å². The molecule has 0 saturated carbocycles. The van der Waals surface area contributed by atoms with E-state index in [1.54, 1.807) is 0 Å². The van der Waals surface area contributed by atoms with E-state index in [1.807, 2.05) is 11.8 Å². The Morgan fingerprint density at radius 3 is 2.86 bits per heavy atom. The van der Waals surface area contributed by atoms with Crippen LogP contribution in [-0.2, 0) is 4.79 Å². The molecule has 0 aromatic carbocycles. The summed E-state index contributed by atoms with van der Waals surface area (Å²) < 4.78 is 0. The molecule has 0 radical (unpaired) electrons. The highest BCUT2D eigenvalue weighted by Crippen LogP contribution is 2.16. The molecule has 3 nitrogen and oxygen atoms in total. The van der Waals surface area contributed by atoms with Gasteiger partial charge in [-0.3, -0.25) is 4.79 Å². The number of carbonyl (C=O) groups excluding carboxylic acids is 1. The topological polar surface area (TPSA) is 55.1 Å². The maximum absolute atomic E-state index is 11.5. The molecule has 0 aliphatic carbocycles. The van der Waals surface area contributed by atoms with Gasteiger partial charge in [0, 0.05) is 12.5 Å². The lowest BCUT2D eigenvalue weighted by Crippen LogP contribution is -2.46. The van der Waals surface area contributed by atoms with E-state index in [2.05, 4.69) is 11.2 Å². The van der Waals surface area contributed by atoms with E-state index in [4.69, 9.17) is 12.2 Å². The number of nitrogens with two attached hydrogens (primary N) is 1. The van der Waals surface area contributed by atoms with Crippen LogP contribution >= 0.6 is 11.8 Å². The number of nitrogens with one attached hydrogen (secondary N) is 1. The summed E-state index contributed by atoms with van der Waals surface area (Å²) in [5.41, 5.74) is 5.59. The predicted octanol–water partition coefficient (Wildman–Crippen LogP) is 0.349. The molecule has 1 aliphatic rings. The van der Waals surface area contributed by atoms with E-state index in [0.29, 0.717) is 12.5 Å². The van der Waals surface area contributed by atoms with Gasteiger partial charge in [0.15, 0.2) is 0 Å². The molecule has 1 atom stereocenters. The third-order valence-electron chi connectivity index (χ3n) is 2.24. The molecule has 4 heteroatoms. The van der Waals surface area contributed by atoms with Crippen LogP contribution in [0.5, 0.6) is 0 Å². The molecule has 0 aromatic rings. The summed E-state index contributed by atoms with van der Waals surface area (Å²) in [6.45, 7) is 0. The molecular formula is C10H16N2OS. The van der Waals surface area contributed by atoms with Crippen molar-refractivity contribution in [3.8, 4) is 12.3 Å². The highest BCUT2D eigenvalue weighted by molar-refractivity contribution is 7.99. The Bertz CT molecular complexity index is 231. The highest BCUT2D eigenvalue weighted by atomic mass is 32.2. The van der Waals surface area contributed by atoms with Crippen LogP contribution in [0.15, 0.2) is 0 Å². The molecule has 78 valence electrons. The van der Waals surface area contributed by atoms with Gasteiger partial charge in [-0.1, -0.05) is 0 Å². The molecule has 1 aliphatic heterocycles. The molecule has 3 N–H and O–H groups in total. The van der Waals surface area contributed by atoms with Gasteiger partial charge in [0.25, 0.3) is 0 Å². The zero-order chi connectivity index (χ0) is 10.4. The molecule has 0 spiro atoms. The average Bonchev–Trinajstić information content (AvgIpc) is 2.19. The van der Waals surface area contributed by atoms with Crippen LogP contribution in [0.3, 0.4) is 0 Å². The fourth-order valence-corrected chi connectivity index (χ4v) is 2.48. The van der Waals surface area contributed by atoms with Crippen molar-refractivity contribution in [2.24, 2.45) is 5.73 Å². The largest absolute Gasteiger partial charge is 0.352 e. The molecule has 1 rings (SSSR count). The monoisotopic (exact) mass is 212 g/mol. The lowest BCUT2D eigenvalue weighted by atomic mass is 10.1. The van der Waals surface area contributed by atoms with Crippen LogP contribution in [0.2, 0.25) is 0 Å². The smallest absolute Gasteiger partial charge is 0.238 e. The number of amides is 1. The molecule has 14 heavy (non-hydrogen) atoms. The number of rotatable bonds is 3. The van der Waals surface area contributed by atoms with Crippen LogP contribution in [0.4, 0.5) is 0 Å².